The van der Waals surface area contributed by atoms with Gasteiger partial charge in [0.15, 0.2) is 13.1 Å². The van der Waals surface area contributed by atoms with Crippen LogP contribution in [0.15, 0.2) is 156 Å². The fourth-order valence-electron chi connectivity index (χ4n) is 4.60. The molecule has 8 aliphatic heterocycles. The zero-order valence-corrected chi connectivity index (χ0v) is 108. The Morgan fingerprint density at radius 1 is 0.261 bits per heavy atom. The third-order valence-corrected chi connectivity index (χ3v) is 17.1. The molecule has 0 bridgehead atoms. The summed E-state index contributed by atoms with van der Waals surface area (Å²) < 4.78 is 24.3. The lowest BCUT2D eigenvalue weighted by atomic mass is 10.0. The Balaban J connectivity index is -0.000000124. The van der Waals surface area contributed by atoms with Gasteiger partial charge < -0.3 is 28.6 Å². The molecule has 0 aliphatic carbocycles. The van der Waals surface area contributed by atoms with Crippen LogP contribution in [-0.4, -0.2) is 204 Å². The number of ether oxygens (including phenoxy) is 5. The van der Waals surface area contributed by atoms with Gasteiger partial charge in [0.05, 0.1) is 64.2 Å². The van der Waals surface area contributed by atoms with E-state index in [1.165, 1.54) is 89.4 Å². The molecule has 0 saturated carbocycles. The van der Waals surface area contributed by atoms with Crippen LogP contribution in [0.3, 0.4) is 0 Å². The number of thioether (sulfide) groups is 6. The quantitative estimate of drug-likeness (QED) is 0.131. The topological polar surface area (TPSA) is 255 Å². The van der Waals surface area contributed by atoms with Crippen LogP contribution in [0.4, 0.5) is 0 Å². The van der Waals surface area contributed by atoms with Crippen molar-refractivity contribution < 1.29 is 23.7 Å². The second kappa shape index (κ2) is 107. The second-order valence-electron chi connectivity index (χ2n) is 51.7. The molecule has 0 aromatic carbocycles. The summed E-state index contributed by atoms with van der Waals surface area (Å²) >= 11 is 11.7. The molecule has 0 spiro atoms. The summed E-state index contributed by atoms with van der Waals surface area (Å²) in [5, 5.41) is 40.5. The molecule has 0 atom stereocenters. The third kappa shape index (κ3) is 369. The molecular weight excluding hydrogens is 1920 g/mol. The number of aromatic nitrogens is 14. The van der Waals surface area contributed by atoms with E-state index in [1.54, 1.807) is 110 Å². The lowest BCUT2D eigenvalue weighted by Crippen LogP contribution is -2.33. The summed E-state index contributed by atoms with van der Waals surface area (Å²) in [5.41, 5.74) is 6.22. The fourth-order valence-corrected chi connectivity index (χ4v) is 12.4. The minimum atomic E-state index is 0.216. The third-order valence-electron chi connectivity index (χ3n) is 8.30. The van der Waals surface area contributed by atoms with Crippen LogP contribution in [0, 0.1) is 65.0 Å². The summed E-state index contributed by atoms with van der Waals surface area (Å²) in [5.74, 6) is 12.0. The number of hydrogen-bond donors (Lipinski definition) is 0. The molecule has 22 nitrogen and oxygen atoms in total. The molecule has 0 unspecified atom stereocenters. The number of allylic oxidation sites excluding steroid dienone is 2. The number of hydrogen-bond acceptors (Lipinski definition) is 30. The maximum absolute atomic E-state index is 4.94. The Morgan fingerprint density at radius 3 is 0.669 bits per heavy atom. The van der Waals surface area contributed by atoms with Gasteiger partial charge in [-0.05, 0) is 203 Å². The van der Waals surface area contributed by atoms with Gasteiger partial charge in [-0.25, -0.2) is 19.9 Å². The van der Waals surface area contributed by atoms with E-state index in [0.717, 1.165) is 51.9 Å². The standard InChI is InChI=1S/C8H13NS.12C5H12.3C4H4N2.C4H5NO.C4H5NS.2C4H8O2.3C4H8S2.C3H3N3.CHN5/c1-8(2,3)9-4-6-10-7-5-9;12*1-5(2,3)4;2*1-2-5-4-6-3-1;1-2-4-6-5-3-1;2*1-2-5-4-6-3-1;1-2-6-4-3-5-1;1-2-5-4-6-3-1;1-2-6-4-3-5-1;1-2-5-4-6-3-1;3*1-2-4-6-5-3-1/h4-7H,1-3H3;12*1-4H3;3*1-4H;2*1-3H,4H2;5*1-4H2;1-3H;1H. The van der Waals surface area contributed by atoms with Crippen LogP contribution in [-0.2, 0) is 23.7 Å². The summed E-state index contributed by atoms with van der Waals surface area (Å²) in [7, 11) is 4.02. The van der Waals surface area contributed by atoms with Gasteiger partial charge in [0.1, 0.15) is 19.4 Å². The molecule has 0 radical (unpaired) electrons. The second-order valence-corrected chi connectivity index (χ2v) is 61.1. The van der Waals surface area contributed by atoms with Crippen molar-refractivity contribution in [2.45, 2.75) is 384 Å². The van der Waals surface area contributed by atoms with Crippen LogP contribution in [0.5, 0.6) is 0 Å². The van der Waals surface area contributed by atoms with Crippen molar-refractivity contribution in [3.05, 3.63) is 146 Å². The van der Waals surface area contributed by atoms with E-state index < -0.39 is 0 Å². The van der Waals surface area contributed by atoms with Gasteiger partial charge in [0, 0.05) is 107 Å². The first-order chi connectivity index (χ1) is 64.6. The molecule has 5 saturated heterocycles. The van der Waals surface area contributed by atoms with Crippen molar-refractivity contribution in [3.63, 3.8) is 0 Å². The molecule has 13 heterocycles. The van der Waals surface area contributed by atoms with E-state index in [2.05, 4.69) is 510 Å². The lowest BCUT2D eigenvalue weighted by Gasteiger charge is -2.32. The maximum atomic E-state index is 4.94. The summed E-state index contributed by atoms with van der Waals surface area (Å²) in [6.07, 6.45) is 35.8. The Labute approximate surface area is 912 Å². The SMILES string of the molecule is C1=COCN=C1.C1=CSCN=C1.C1CCSSC1.C1COCCO1.C1COCOC1.C1CSCCS1.C1CSCSC1.CC(C)(C)C.CC(C)(C)C.CC(C)(C)C.CC(C)(C)C.CC(C)(C)C.CC(C)(C)C.CC(C)(C)C.CC(C)(C)C.CC(C)(C)C.CC(C)(C)C.CC(C)(C)C.CC(C)(C)C.CC(C)(C)N1C=CSC=C1.c1ccnnc1.c1cncnc1.c1cncnc1.c1cnnnc1.c1nnnnn1. The highest BCUT2D eigenvalue weighted by molar-refractivity contribution is 8.76. The molecular formula is C112H223N17O5S8. The highest BCUT2D eigenvalue weighted by Crippen LogP contribution is 2.29. The molecule has 5 aromatic rings. The Kier molecular flexibility index (Phi) is 122. The van der Waals surface area contributed by atoms with Crippen LogP contribution in [0.1, 0.15) is 379 Å². The van der Waals surface area contributed by atoms with Gasteiger partial charge in [-0.1, -0.05) is 354 Å². The predicted molar refractivity (Wildman–Crippen MR) is 650 cm³/mol. The number of rotatable bonds is 0. The molecule has 8 aliphatic rings. The molecule has 142 heavy (non-hydrogen) atoms. The molecule has 5 aromatic heterocycles. The van der Waals surface area contributed by atoms with E-state index in [9.17, 15) is 0 Å². The minimum absolute atomic E-state index is 0.216. The number of aliphatic imine (C=N–C) groups is 2. The lowest BCUT2D eigenvalue weighted by molar-refractivity contribution is -0.0963. The van der Waals surface area contributed by atoms with E-state index in [0.29, 0.717) is 78.5 Å². The van der Waals surface area contributed by atoms with Gasteiger partial charge >= 0.3 is 0 Å². The average Bonchev–Trinajstić information content (AvgIpc) is 0.878. The average molecular weight is 2140 g/mol. The molecule has 30 heteroatoms. The molecule has 834 valence electrons. The molecule has 13 rings (SSSR count). The predicted octanol–water partition coefficient (Wildman–Crippen LogP) is 35.1. The number of nitrogens with zero attached hydrogens (tertiary/aromatic N) is 17. The normalized spacial score (nSPS) is 14.6. The first-order valence-corrected chi connectivity index (χ1v) is 58.9. The van der Waals surface area contributed by atoms with Crippen LogP contribution < -0.4 is 0 Å². The van der Waals surface area contributed by atoms with Gasteiger partial charge in [0.25, 0.3) is 0 Å². The van der Waals surface area contributed by atoms with Crippen LogP contribution in [0.25, 0.3) is 0 Å². The minimum Gasteiger partial charge on any atom is -0.479 e. The van der Waals surface area contributed by atoms with E-state index in [1.807, 2.05) is 51.4 Å². The van der Waals surface area contributed by atoms with Gasteiger partial charge in [0.2, 0.25) is 0 Å². The van der Waals surface area contributed by atoms with Crippen LogP contribution in [0.2, 0.25) is 0 Å². The van der Waals surface area contributed by atoms with Crippen molar-refractivity contribution >= 4 is 105 Å². The summed E-state index contributed by atoms with van der Waals surface area (Å²) in [6, 6.07) is 8.92. The monoisotopic (exact) mass is 2140 g/mol. The Bertz CT molecular complexity index is 2520. The van der Waals surface area contributed by atoms with E-state index in [4.69, 9.17) is 23.7 Å². The van der Waals surface area contributed by atoms with Gasteiger partial charge in [-0.15, -0.1) is 43.9 Å². The Morgan fingerprint density at radius 2 is 0.570 bits per heavy atom. The smallest absolute Gasteiger partial charge is 0.178 e. The molecule has 0 N–H and O–H groups in total. The molecule has 0 amide bonds. The van der Waals surface area contributed by atoms with Crippen molar-refractivity contribution in [2.75, 3.05) is 110 Å². The van der Waals surface area contributed by atoms with Crippen molar-refractivity contribution in [2.24, 2.45) is 75.0 Å². The molecule has 5 fully saturated rings. The van der Waals surface area contributed by atoms with Crippen LogP contribution >= 0.6 is 92.2 Å². The zero-order chi connectivity index (χ0) is 113. The van der Waals surface area contributed by atoms with Crippen molar-refractivity contribution in [1.29, 1.82) is 0 Å². The highest BCUT2D eigenvalue weighted by Gasteiger charge is 2.16. The summed E-state index contributed by atoms with van der Waals surface area (Å²) in [4.78, 5) is 24.6. The largest absolute Gasteiger partial charge is 0.479 e. The van der Waals surface area contributed by atoms with Crippen molar-refractivity contribution in [1.82, 2.24) is 76.3 Å². The Hall–Kier alpha value is -4.34. The van der Waals surface area contributed by atoms with Gasteiger partial charge in [-0.2, -0.15) is 57.2 Å². The first kappa shape index (κ1) is 163. The van der Waals surface area contributed by atoms with Gasteiger partial charge in [-0.3, -0.25) is 9.98 Å². The zero-order valence-electron chi connectivity index (χ0n) is 101. The fraction of sp³-hybridized carbons (Fsp3) is 0.768. The van der Waals surface area contributed by atoms with Crippen molar-refractivity contribution in [3.8, 4) is 0 Å². The maximum Gasteiger partial charge on any atom is 0.178 e. The van der Waals surface area contributed by atoms with E-state index >= 15 is 0 Å². The summed E-state index contributed by atoms with van der Waals surface area (Å²) in [6.45, 7) is 117. The highest BCUT2D eigenvalue weighted by atomic mass is 33.1. The first-order valence-electron chi connectivity index (χ1n) is 49.8. The van der Waals surface area contributed by atoms with E-state index in [-0.39, 0.29) is 5.54 Å².